The lowest BCUT2D eigenvalue weighted by molar-refractivity contribution is -0.162. The number of carbonyl (C=O) groups is 4. The summed E-state index contributed by atoms with van der Waals surface area (Å²) in [6.45, 7) is 3.95. The van der Waals surface area contributed by atoms with Crippen LogP contribution in [0, 0.1) is 0 Å². The molecule has 0 radical (unpaired) electrons. The second kappa shape index (κ2) is 7.74. The molecule has 2 aromatic carbocycles. The predicted molar refractivity (Wildman–Crippen MR) is 108 cm³/mol. The van der Waals surface area contributed by atoms with Gasteiger partial charge in [0.05, 0.1) is 11.1 Å². The van der Waals surface area contributed by atoms with Crippen LogP contribution in [-0.2, 0) is 27.3 Å². The van der Waals surface area contributed by atoms with Gasteiger partial charge in [0.15, 0.2) is 6.10 Å². The average molecular weight is 406 g/mol. The number of esters is 1. The first kappa shape index (κ1) is 19.8. The standard InChI is InChI=1S/C23H22N2O5/c1-14(25-21(27)18-9-5-6-10-19(18)22(25)28)23(29)30-15(2)20(26)24-12-11-16-7-3-4-8-17(16)13-24/h3-10,14-15H,11-13H2,1-2H3/t14-,15-/m0/s1. The molecule has 7 nitrogen and oxygen atoms in total. The summed E-state index contributed by atoms with van der Waals surface area (Å²) in [5, 5.41) is 0. The molecule has 4 rings (SSSR count). The van der Waals surface area contributed by atoms with Crippen molar-refractivity contribution in [2.24, 2.45) is 0 Å². The molecule has 0 N–H and O–H groups in total. The Morgan fingerprint density at radius 3 is 2.10 bits per heavy atom. The molecule has 154 valence electrons. The van der Waals surface area contributed by atoms with Gasteiger partial charge in [-0.25, -0.2) is 4.79 Å². The summed E-state index contributed by atoms with van der Waals surface area (Å²) < 4.78 is 5.35. The Kier molecular flexibility index (Phi) is 5.11. The summed E-state index contributed by atoms with van der Waals surface area (Å²) in [6, 6.07) is 13.2. The Balaban J connectivity index is 1.41. The Hall–Kier alpha value is -3.48. The minimum absolute atomic E-state index is 0.262. The fraction of sp³-hybridized carbons (Fsp3) is 0.304. The van der Waals surface area contributed by atoms with Crippen molar-refractivity contribution >= 4 is 23.7 Å². The maximum atomic E-state index is 12.8. The van der Waals surface area contributed by atoms with Crippen molar-refractivity contribution < 1.29 is 23.9 Å². The third-order valence-corrected chi connectivity index (χ3v) is 5.64. The van der Waals surface area contributed by atoms with Crippen molar-refractivity contribution in [3.63, 3.8) is 0 Å². The molecule has 30 heavy (non-hydrogen) atoms. The van der Waals surface area contributed by atoms with Crippen LogP contribution in [0.3, 0.4) is 0 Å². The van der Waals surface area contributed by atoms with Gasteiger partial charge >= 0.3 is 5.97 Å². The second-order valence-corrected chi connectivity index (χ2v) is 7.56. The van der Waals surface area contributed by atoms with Gasteiger partial charge in [-0.1, -0.05) is 36.4 Å². The lowest BCUT2D eigenvalue weighted by Crippen LogP contribution is -2.47. The Morgan fingerprint density at radius 2 is 1.47 bits per heavy atom. The molecular weight excluding hydrogens is 384 g/mol. The molecule has 2 heterocycles. The highest BCUT2D eigenvalue weighted by Crippen LogP contribution is 2.25. The lowest BCUT2D eigenvalue weighted by Gasteiger charge is -2.31. The van der Waals surface area contributed by atoms with Gasteiger partial charge in [-0.3, -0.25) is 19.3 Å². The average Bonchev–Trinajstić information content (AvgIpc) is 3.02. The van der Waals surface area contributed by atoms with Gasteiger partial charge in [-0.15, -0.1) is 0 Å². The van der Waals surface area contributed by atoms with E-state index in [9.17, 15) is 19.2 Å². The fourth-order valence-electron chi connectivity index (χ4n) is 3.93. The topological polar surface area (TPSA) is 84.0 Å². The highest BCUT2D eigenvalue weighted by Gasteiger charge is 2.42. The number of fused-ring (bicyclic) bond motifs is 2. The molecule has 2 aromatic rings. The molecule has 2 aliphatic rings. The summed E-state index contributed by atoms with van der Waals surface area (Å²) in [4.78, 5) is 53.1. The highest BCUT2D eigenvalue weighted by atomic mass is 16.5. The smallest absolute Gasteiger partial charge is 0.329 e. The third kappa shape index (κ3) is 3.36. The summed E-state index contributed by atoms with van der Waals surface area (Å²) in [6.07, 6.45) is -0.269. The number of carbonyl (C=O) groups excluding carboxylic acids is 4. The molecule has 0 saturated heterocycles. The zero-order valence-corrected chi connectivity index (χ0v) is 16.8. The Morgan fingerprint density at radius 1 is 0.900 bits per heavy atom. The van der Waals surface area contributed by atoms with Crippen molar-refractivity contribution in [2.75, 3.05) is 6.54 Å². The van der Waals surface area contributed by atoms with E-state index in [0.717, 1.165) is 16.9 Å². The maximum Gasteiger partial charge on any atom is 0.329 e. The number of ether oxygens (including phenoxy) is 1. The number of amides is 3. The van der Waals surface area contributed by atoms with Gasteiger partial charge in [-0.2, -0.15) is 0 Å². The molecule has 0 fully saturated rings. The molecule has 0 aromatic heterocycles. The van der Waals surface area contributed by atoms with Crippen molar-refractivity contribution in [3.05, 3.63) is 70.8 Å². The SMILES string of the molecule is C[C@H](OC(=O)[C@H](C)N1C(=O)c2ccccc2C1=O)C(=O)N1CCc2ccccc2C1. The van der Waals surface area contributed by atoms with Crippen LogP contribution < -0.4 is 0 Å². The molecule has 2 aliphatic heterocycles. The van der Waals surface area contributed by atoms with Gasteiger partial charge in [0.2, 0.25) is 0 Å². The number of benzene rings is 2. The first-order valence-electron chi connectivity index (χ1n) is 9.91. The zero-order chi connectivity index (χ0) is 21.4. The summed E-state index contributed by atoms with van der Waals surface area (Å²) in [5.74, 6) is -2.16. The number of hydrogen-bond donors (Lipinski definition) is 0. The number of nitrogens with zero attached hydrogens (tertiary/aromatic N) is 2. The first-order valence-corrected chi connectivity index (χ1v) is 9.91. The van der Waals surface area contributed by atoms with Crippen molar-refractivity contribution in [1.82, 2.24) is 9.80 Å². The van der Waals surface area contributed by atoms with E-state index in [1.807, 2.05) is 24.3 Å². The van der Waals surface area contributed by atoms with Crippen LogP contribution in [0.1, 0.15) is 45.7 Å². The van der Waals surface area contributed by atoms with Crippen LogP contribution in [0.25, 0.3) is 0 Å². The third-order valence-electron chi connectivity index (χ3n) is 5.64. The van der Waals surface area contributed by atoms with E-state index in [0.29, 0.717) is 13.1 Å². The van der Waals surface area contributed by atoms with E-state index >= 15 is 0 Å². The van der Waals surface area contributed by atoms with Crippen molar-refractivity contribution in [3.8, 4) is 0 Å². The summed E-state index contributed by atoms with van der Waals surface area (Å²) in [5.41, 5.74) is 2.82. The molecule has 0 spiro atoms. The molecule has 3 amide bonds. The Bertz CT molecular complexity index is 1010. The number of hydrogen-bond acceptors (Lipinski definition) is 5. The minimum atomic E-state index is -1.13. The van der Waals surface area contributed by atoms with E-state index in [1.165, 1.54) is 19.4 Å². The van der Waals surface area contributed by atoms with Gasteiger partial charge in [0.1, 0.15) is 6.04 Å². The largest absolute Gasteiger partial charge is 0.451 e. The van der Waals surface area contributed by atoms with Crippen LogP contribution in [-0.4, -0.2) is 52.2 Å². The molecule has 0 unspecified atom stereocenters. The normalized spacial score (nSPS) is 17.3. The van der Waals surface area contributed by atoms with Crippen molar-refractivity contribution in [1.29, 1.82) is 0 Å². The monoisotopic (exact) mass is 406 g/mol. The maximum absolute atomic E-state index is 12.8. The number of imide groups is 1. The van der Waals surface area contributed by atoms with Crippen LogP contribution >= 0.6 is 0 Å². The van der Waals surface area contributed by atoms with Crippen LogP contribution in [0.2, 0.25) is 0 Å². The van der Waals surface area contributed by atoms with Crippen LogP contribution in [0.5, 0.6) is 0 Å². The molecule has 2 atom stereocenters. The lowest BCUT2D eigenvalue weighted by atomic mass is 9.99. The van der Waals surface area contributed by atoms with Crippen molar-refractivity contribution in [2.45, 2.75) is 39.0 Å². The van der Waals surface area contributed by atoms with Gasteiger partial charge in [0, 0.05) is 13.1 Å². The molecule has 7 heteroatoms. The highest BCUT2D eigenvalue weighted by molar-refractivity contribution is 6.22. The summed E-state index contributed by atoms with van der Waals surface area (Å²) in [7, 11) is 0. The van der Waals surface area contributed by atoms with E-state index in [2.05, 4.69) is 0 Å². The fourth-order valence-corrected chi connectivity index (χ4v) is 3.93. The second-order valence-electron chi connectivity index (χ2n) is 7.56. The Labute approximate surface area is 174 Å². The van der Waals surface area contributed by atoms with E-state index in [1.54, 1.807) is 29.2 Å². The van der Waals surface area contributed by atoms with Crippen LogP contribution in [0.4, 0.5) is 0 Å². The van der Waals surface area contributed by atoms with E-state index in [4.69, 9.17) is 4.74 Å². The van der Waals surface area contributed by atoms with E-state index < -0.39 is 29.9 Å². The molecule has 0 bridgehead atoms. The van der Waals surface area contributed by atoms with Crippen LogP contribution in [0.15, 0.2) is 48.5 Å². The van der Waals surface area contributed by atoms with E-state index in [-0.39, 0.29) is 17.0 Å². The number of rotatable bonds is 4. The minimum Gasteiger partial charge on any atom is -0.451 e. The summed E-state index contributed by atoms with van der Waals surface area (Å²) >= 11 is 0. The molecular formula is C23H22N2O5. The van der Waals surface area contributed by atoms with Gasteiger partial charge < -0.3 is 9.64 Å². The first-order chi connectivity index (χ1) is 14.4. The zero-order valence-electron chi connectivity index (χ0n) is 16.8. The molecule has 0 aliphatic carbocycles. The van der Waals surface area contributed by atoms with Gasteiger partial charge in [-0.05, 0) is 43.5 Å². The predicted octanol–water partition coefficient (Wildman–Crippen LogP) is 2.19. The van der Waals surface area contributed by atoms with Gasteiger partial charge in [0.25, 0.3) is 17.7 Å². The quantitative estimate of drug-likeness (QED) is 0.574. The molecule has 0 saturated carbocycles.